The van der Waals surface area contributed by atoms with Gasteiger partial charge in [-0.25, -0.2) is 4.98 Å². The molecule has 0 atom stereocenters. The number of hydroxylamine groups is 2. The van der Waals surface area contributed by atoms with Crippen LogP contribution in [0.1, 0.15) is 63.8 Å². The first kappa shape index (κ1) is 28.1. The van der Waals surface area contributed by atoms with E-state index in [4.69, 9.17) is 9.94 Å². The van der Waals surface area contributed by atoms with Crippen LogP contribution in [0.4, 0.5) is 0 Å². The molecule has 28 heavy (non-hydrogen) atoms. The number of hydrogen-bond donors (Lipinski definition) is 1. The van der Waals surface area contributed by atoms with Gasteiger partial charge >= 0.3 is 0 Å². The van der Waals surface area contributed by atoms with Gasteiger partial charge in [0.25, 0.3) is 0 Å². The Morgan fingerprint density at radius 1 is 1.11 bits per heavy atom. The smallest absolute Gasteiger partial charge is 0.135 e. The van der Waals surface area contributed by atoms with Crippen molar-refractivity contribution in [1.29, 1.82) is 0 Å². The van der Waals surface area contributed by atoms with Gasteiger partial charge in [-0.3, -0.25) is 10.3 Å². The van der Waals surface area contributed by atoms with E-state index in [0.29, 0.717) is 13.2 Å². The maximum Gasteiger partial charge on any atom is 0.135 e. The van der Waals surface area contributed by atoms with E-state index >= 15 is 0 Å². The number of benzene rings is 1. The van der Waals surface area contributed by atoms with E-state index in [2.05, 4.69) is 49.0 Å². The van der Waals surface area contributed by atoms with Gasteiger partial charge in [-0.2, -0.15) is 0 Å². The van der Waals surface area contributed by atoms with Crippen molar-refractivity contribution in [3.63, 3.8) is 0 Å². The molecule has 1 aromatic carbocycles. The molecule has 0 saturated heterocycles. The molecule has 0 aliphatic rings. The van der Waals surface area contributed by atoms with Crippen LogP contribution in [0.25, 0.3) is 0 Å². The number of nitrogens with zero attached hydrogens (tertiary/aromatic N) is 3. The van der Waals surface area contributed by atoms with Gasteiger partial charge in [-0.15, -0.1) is 0 Å². The van der Waals surface area contributed by atoms with Crippen LogP contribution in [-0.2, 0) is 24.5 Å². The highest BCUT2D eigenvalue weighted by atomic mass is 16.5. The molecule has 1 aromatic heterocycles. The Morgan fingerprint density at radius 2 is 1.64 bits per heavy atom. The van der Waals surface area contributed by atoms with E-state index in [1.165, 1.54) is 24.5 Å². The Kier molecular flexibility index (Phi) is 18.3. The summed E-state index contributed by atoms with van der Waals surface area (Å²) in [6.07, 6.45) is 2.42. The highest BCUT2D eigenvalue weighted by Crippen LogP contribution is 2.13. The summed E-state index contributed by atoms with van der Waals surface area (Å²) in [6, 6.07) is 10.2. The quantitative estimate of drug-likeness (QED) is 0.577. The van der Waals surface area contributed by atoms with Crippen LogP contribution in [-0.4, -0.2) is 26.9 Å². The van der Waals surface area contributed by atoms with Gasteiger partial charge in [0, 0.05) is 25.5 Å². The third-order valence-electron chi connectivity index (χ3n) is 3.59. The van der Waals surface area contributed by atoms with E-state index in [-0.39, 0.29) is 0 Å². The number of aromatic nitrogens is 2. The van der Waals surface area contributed by atoms with Crippen molar-refractivity contribution in [3.8, 4) is 0 Å². The van der Waals surface area contributed by atoms with Crippen molar-refractivity contribution >= 4 is 0 Å². The first-order valence-electron chi connectivity index (χ1n) is 10.2. The van der Waals surface area contributed by atoms with Gasteiger partial charge in [0.1, 0.15) is 12.4 Å². The van der Waals surface area contributed by atoms with Gasteiger partial charge in [-0.1, -0.05) is 71.5 Å². The minimum Gasteiger partial charge on any atom is -0.369 e. The zero-order valence-electron chi connectivity index (χ0n) is 19.2. The third kappa shape index (κ3) is 11.6. The molecular weight excluding hydrogens is 350 g/mol. The second kappa shape index (κ2) is 18.3. The van der Waals surface area contributed by atoms with Crippen LogP contribution in [0, 0.1) is 13.8 Å². The van der Waals surface area contributed by atoms with Crippen LogP contribution in [0.5, 0.6) is 0 Å². The summed E-state index contributed by atoms with van der Waals surface area (Å²) in [5.74, 6) is 1.03. The number of rotatable bonds is 7. The lowest BCUT2D eigenvalue weighted by atomic mass is 10.2. The molecule has 0 amide bonds. The molecule has 0 spiro atoms. The van der Waals surface area contributed by atoms with Crippen molar-refractivity contribution in [2.45, 2.75) is 74.6 Å². The molecule has 0 radical (unpaired) electrons. The second-order valence-corrected chi connectivity index (χ2v) is 5.59. The lowest BCUT2D eigenvalue weighted by Crippen LogP contribution is -2.07. The van der Waals surface area contributed by atoms with E-state index in [1.54, 1.807) is 0 Å². The molecule has 5 heteroatoms. The largest absolute Gasteiger partial charge is 0.369 e. The molecule has 1 N–H and O–H groups in total. The highest BCUT2D eigenvalue weighted by molar-refractivity contribution is 5.15. The second-order valence-electron chi connectivity index (χ2n) is 5.59. The summed E-state index contributed by atoms with van der Waals surface area (Å²) < 4.78 is 8.04. The van der Waals surface area contributed by atoms with Gasteiger partial charge in [0.05, 0.1) is 12.3 Å². The summed E-state index contributed by atoms with van der Waals surface area (Å²) in [5, 5.41) is 8.97. The first-order valence-corrected chi connectivity index (χ1v) is 10.2. The molecule has 2 rings (SSSR count). The van der Waals surface area contributed by atoms with Crippen molar-refractivity contribution in [3.05, 3.63) is 65.9 Å². The van der Waals surface area contributed by atoms with Crippen LogP contribution in [0.2, 0.25) is 0 Å². The lowest BCUT2D eigenvalue weighted by Gasteiger charge is -2.09. The number of aryl methyl sites for hydroxylation is 1. The van der Waals surface area contributed by atoms with Crippen molar-refractivity contribution in [1.82, 2.24) is 14.6 Å². The molecule has 0 bridgehead atoms. The minimum absolute atomic E-state index is 0.573. The molecule has 0 aliphatic carbocycles. The van der Waals surface area contributed by atoms with Crippen LogP contribution >= 0.6 is 0 Å². The minimum atomic E-state index is 0.573. The highest BCUT2D eigenvalue weighted by Gasteiger charge is 2.10. The van der Waals surface area contributed by atoms with E-state index in [9.17, 15) is 0 Å². The van der Waals surface area contributed by atoms with Crippen LogP contribution in [0.3, 0.4) is 0 Å². The average molecular weight is 392 g/mol. The van der Waals surface area contributed by atoms with Gasteiger partial charge in [0.15, 0.2) is 0 Å². The van der Waals surface area contributed by atoms with Crippen LogP contribution in [0.15, 0.2) is 43.1 Å². The third-order valence-corrected chi connectivity index (χ3v) is 3.59. The monoisotopic (exact) mass is 391 g/mol. The van der Waals surface area contributed by atoms with Gasteiger partial charge in [-0.05, 0) is 25.8 Å². The van der Waals surface area contributed by atoms with Crippen molar-refractivity contribution < 1.29 is 9.94 Å². The van der Waals surface area contributed by atoms with E-state index in [0.717, 1.165) is 29.5 Å². The topological polar surface area (TPSA) is 50.5 Å². The summed E-state index contributed by atoms with van der Waals surface area (Å²) in [5.41, 5.74) is 3.55. The zero-order chi connectivity index (χ0) is 21.9. The van der Waals surface area contributed by atoms with Gasteiger partial charge < -0.3 is 9.30 Å². The van der Waals surface area contributed by atoms with Gasteiger partial charge in [0.2, 0.25) is 0 Å². The summed E-state index contributed by atoms with van der Waals surface area (Å²) in [7, 11) is 1.49. The fourth-order valence-electron chi connectivity index (χ4n) is 2.19. The fourth-order valence-corrected chi connectivity index (χ4v) is 2.19. The normalized spacial score (nSPS) is 9.04. The number of ether oxygens (including phenoxy) is 1. The number of imidazole rings is 1. The van der Waals surface area contributed by atoms with Crippen molar-refractivity contribution in [2.24, 2.45) is 0 Å². The van der Waals surface area contributed by atoms with Crippen molar-refractivity contribution in [2.75, 3.05) is 7.05 Å². The number of hydrogen-bond acceptors (Lipinski definition) is 4. The summed E-state index contributed by atoms with van der Waals surface area (Å²) in [4.78, 5) is 4.60. The molecule has 0 saturated carbocycles. The zero-order valence-corrected chi connectivity index (χ0v) is 19.2. The molecule has 0 fully saturated rings. The Bertz CT molecular complexity index is 608. The molecular formula is C23H41N3O2. The Balaban J connectivity index is 0. The summed E-state index contributed by atoms with van der Waals surface area (Å²) in [6.45, 7) is 19.8. The molecule has 0 aliphatic heterocycles. The first-order chi connectivity index (χ1) is 13.5. The standard InChI is InChI=1S/C16H22N2O.C3H7NO.2C2H6/c1-4-10-18-14(3)13(2)17-16(18)12-19-11-15-8-6-5-7-9-15;1-3-4(2)5;2*1-2/h5-9H,4,10-12H2,1-3H3;3,5H,1H2,2H3;2*1-2H3. The average Bonchev–Trinajstić information content (AvgIpc) is 3.00. The Morgan fingerprint density at radius 3 is 2.11 bits per heavy atom. The molecule has 5 nitrogen and oxygen atoms in total. The van der Waals surface area contributed by atoms with E-state index < -0.39 is 0 Å². The Labute approximate surface area is 172 Å². The predicted molar refractivity (Wildman–Crippen MR) is 119 cm³/mol. The molecule has 1 heterocycles. The predicted octanol–water partition coefficient (Wildman–Crippen LogP) is 6.13. The molecule has 160 valence electrons. The maximum absolute atomic E-state index is 8.08. The van der Waals surface area contributed by atoms with E-state index in [1.807, 2.05) is 45.9 Å². The summed E-state index contributed by atoms with van der Waals surface area (Å²) >= 11 is 0. The van der Waals surface area contributed by atoms with Crippen LogP contribution < -0.4 is 0 Å². The maximum atomic E-state index is 8.08. The molecule has 2 aromatic rings. The molecule has 0 unspecified atom stereocenters. The lowest BCUT2D eigenvalue weighted by molar-refractivity contribution is -0.0124. The SMILES string of the molecule is C=CN(C)O.CC.CC.CCCn1c(COCc2ccccc2)nc(C)c1C. The Hall–Kier alpha value is -2.11. The fraction of sp³-hybridized carbons (Fsp3) is 0.522.